The van der Waals surface area contributed by atoms with Gasteiger partial charge >= 0.3 is 0 Å². The molecule has 15 heavy (non-hydrogen) atoms. The lowest BCUT2D eigenvalue weighted by atomic mass is 9.95. The molecule has 1 aliphatic rings. The molecule has 2 N–H and O–H groups in total. The molecule has 0 fully saturated rings. The van der Waals surface area contributed by atoms with Crippen molar-refractivity contribution >= 4 is 11.6 Å². The van der Waals surface area contributed by atoms with Gasteiger partial charge in [0.05, 0.1) is 0 Å². The zero-order chi connectivity index (χ0) is 10.8. The van der Waals surface area contributed by atoms with Gasteiger partial charge in [-0.25, -0.2) is 0 Å². The maximum atomic E-state index is 9.94. The smallest absolute Gasteiger partial charge is 0.197 e. The quantitative estimate of drug-likeness (QED) is 0.782. The van der Waals surface area contributed by atoms with E-state index in [0.29, 0.717) is 12.4 Å². The third-order valence-corrected chi connectivity index (χ3v) is 3.30. The maximum absolute atomic E-state index is 9.94. The molecule has 0 aromatic carbocycles. The Morgan fingerprint density at radius 1 is 1.07 bits per heavy atom. The molecule has 1 heterocycles. The molecule has 4 heteroatoms. The number of hydrogen-bond donors (Lipinski definition) is 2. The van der Waals surface area contributed by atoms with E-state index < -0.39 is 0 Å². The lowest BCUT2D eigenvalue weighted by Gasteiger charge is -2.09. The fourth-order valence-corrected chi connectivity index (χ4v) is 2.37. The second-order valence-corrected chi connectivity index (χ2v) is 4.38. The summed E-state index contributed by atoms with van der Waals surface area (Å²) < 4.78 is 1.58. The predicted molar refractivity (Wildman–Crippen MR) is 59.7 cm³/mol. The van der Waals surface area contributed by atoms with Gasteiger partial charge in [-0.1, -0.05) is 0 Å². The number of aromatic nitrogens is 1. The van der Waals surface area contributed by atoms with Crippen LogP contribution in [-0.2, 0) is 19.4 Å². The van der Waals surface area contributed by atoms with E-state index in [1.165, 1.54) is 0 Å². The number of aromatic hydroxyl groups is 2. The summed E-state index contributed by atoms with van der Waals surface area (Å²) in [5, 5.41) is 19.9. The van der Waals surface area contributed by atoms with E-state index in [1.807, 2.05) is 0 Å². The molecule has 1 aliphatic carbocycles. The lowest BCUT2D eigenvalue weighted by molar-refractivity contribution is 0.364. The van der Waals surface area contributed by atoms with Gasteiger partial charge in [0.2, 0.25) is 0 Å². The molecular formula is C11H16ClNO2. The summed E-state index contributed by atoms with van der Waals surface area (Å²) in [7, 11) is 0. The van der Waals surface area contributed by atoms with Gasteiger partial charge in [-0.2, -0.15) is 0 Å². The fourth-order valence-electron chi connectivity index (χ4n) is 2.25. The summed E-state index contributed by atoms with van der Waals surface area (Å²) in [4.78, 5) is 0. The number of nitrogens with zero attached hydrogens (tertiary/aromatic N) is 1. The van der Waals surface area contributed by atoms with Gasteiger partial charge in [0.15, 0.2) is 11.8 Å². The Bertz CT molecular complexity index is 330. The Hall–Kier alpha value is -0.830. The van der Waals surface area contributed by atoms with Crippen molar-refractivity contribution in [3.05, 3.63) is 11.1 Å². The molecule has 0 radical (unpaired) electrons. The number of alkyl halides is 1. The van der Waals surface area contributed by atoms with Crippen LogP contribution in [0.4, 0.5) is 0 Å². The second kappa shape index (κ2) is 4.35. The van der Waals surface area contributed by atoms with Crippen LogP contribution in [0.1, 0.15) is 30.4 Å². The second-order valence-electron chi connectivity index (χ2n) is 4.01. The first-order chi connectivity index (χ1) is 7.25. The van der Waals surface area contributed by atoms with Crippen molar-refractivity contribution in [1.82, 2.24) is 4.57 Å². The average Bonchev–Trinajstić information content (AvgIpc) is 2.51. The molecule has 2 rings (SSSR count). The van der Waals surface area contributed by atoms with Crippen molar-refractivity contribution in [2.45, 2.75) is 38.6 Å². The summed E-state index contributed by atoms with van der Waals surface area (Å²) >= 11 is 5.61. The van der Waals surface area contributed by atoms with Gasteiger partial charge < -0.3 is 10.2 Å². The topological polar surface area (TPSA) is 45.4 Å². The van der Waals surface area contributed by atoms with Crippen LogP contribution in [0.3, 0.4) is 0 Å². The Kier molecular flexibility index (Phi) is 3.10. The molecule has 0 unspecified atom stereocenters. The molecular weight excluding hydrogens is 214 g/mol. The van der Waals surface area contributed by atoms with E-state index in [4.69, 9.17) is 11.6 Å². The highest BCUT2D eigenvalue weighted by Crippen LogP contribution is 2.38. The van der Waals surface area contributed by atoms with Crippen LogP contribution < -0.4 is 0 Å². The van der Waals surface area contributed by atoms with Gasteiger partial charge in [-0.15, -0.1) is 11.6 Å². The number of hydrogen-bond acceptors (Lipinski definition) is 2. The summed E-state index contributed by atoms with van der Waals surface area (Å²) in [5.41, 5.74) is 1.88. The van der Waals surface area contributed by atoms with Crippen molar-refractivity contribution in [1.29, 1.82) is 0 Å². The van der Waals surface area contributed by atoms with E-state index in [0.717, 1.165) is 43.2 Å². The Morgan fingerprint density at radius 2 is 1.60 bits per heavy atom. The van der Waals surface area contributed by atoms with Crippen LogP contribution in [0, 0.1) is 0 Å². The minimum absolute atomic E-state index is 0.243. The summed E-state index contributed by atoms with van der Waals surface area (Å²) in [6.07, 6.45) is 4.71. The predicted octanol–water partition coefficient (Wildman–Crippen LogP) is 2.41. The summed E-state index contributed by atoms with van der Waals surface area (Å²) in [6.45, 7) is 0.591. The minimum atomic E-state index is 0.243. The fraction of sp³-hybridized carbons (Fsp3) is 0.636. The van der Waals surface area contributed by atoms with Gasteiger partial charge in [-0.05, 0) is 32.1 Å². The summed E-state index contributed by atoms with van der Waals surface area (Å²) in [6, 6.07) is 0. The molecule has 0 amide bonds. The van der Waals surface area contributed by atoms with Crippen molar-refractivity contribution < 1.29 is 10.2 Å². The molecule has 0 bridgehead atoms. The minimum Gasteiger partial charge on any atom is -0.494 e. The van der Waals surface area contributed by atoms with Gasteiger partial charge in [-0.3, -0.25) is 4.57 Å². The van der Waals surface area contributed by atoms with E-state index >= 15 is 0 Å². The molecule has 3 nitrogen and oxygen atoms in total. The monoisotopic (exact) mass is 229 g/mol. The zero-order valence-electron chi connectivity index (χ0n) is 8.67. The lowest BCUT2D eigenvalue weighted by Crippen LogP contribution is -1.98. The third-order valence-electron chi connectivity index (χ3n) is 3.03. The highest BCUT2D eigenvalue weighted by molar-refractivity contribution is 6.17. The van der Waals surface area contributed by atoms with Crippen molar-refractivity contribution in [2.75, 3.05) is 5.88 Å². The SMILES string of the molecule is Oc1c2c(c(O)n1CCCCl)CCCC2. The number of fused-ring (bicyclic) bond motifs is 1. The highest BCUT2D eigenvalue weighted by atomic mass is 35.5. The van der Waals surface area contributed by atoms with E-state index in [-0.39, 0.29) is 11.8 Å². The van der Waals surface area contributed by atoms with E-state index in [9.17, 15) is 10.2 Å². The van der Waals surface area contributed by atoms with Crippen LogP contribution in [0.25, 0.3) is 0 Å². The average molecular weight is 230 g/mol. The first-order valence-corrected chi connectivity index (χ1v) is 5.97. The van der Waals surface area contributed by atoms with Crippen molar-refractivity contribution in [2.24, 2.45) is 0 Å². The van der Waals surface area contributed by atoms with Crippen LogP contribution in [0.5, 0.6) is 11.8 Å². The molecule has 0 saturated carbocycles. The molecule has 0 aliphatic heterocycles. The van der Waals surface area contributed by atoms with Crippen molar-refractivity contribution in [3.63, 3.8) is 0 Å². The van der Waals surface area contributed by atoms with Crippen LogP contribution in [0.15, 0.2) is 0 Å². The van der Waals surface area contributed by atoms with Crippen molar-refractivity contribution in [3.8, 4) is 11.8 Å². The molecule has 84 valence electrons. The Balaban J connectivity index is 2.33. The van der Waals surface area contributed by atoms with Crippen LogP contribution >= 0.6 is 11.6 Å². The third kappa shape index (κ3) is 1.81. The molecule has 1 aromatic rings. The van der Waals surface area contributed by atoms with E-state index in [1.54, 1.807) is 4.57 Å². The first-order valence-electron chi connectivity index (χ1n) is 5.44. The largest absolute Gasteiger partial charge is 0.494 e. The standard InChI is InChI=1S/C11H16ClNO2/c12-6-3-7-13-10(14)8-4-1-2-5-9(8)11(13)15/h14-15H,1-7H2. The molecule has 0 spiro atoms. The normalized spacial score (nSPS) is 15.3. The van der Waals surface area contributed by atoms with Gasteiger partial charge in [0.1, 0.15) is 0 Å². The Labute approximate surface area is 94.3 Å². The zero-order valence-corrected chi connectivity index (χ0v) is 9.43. The van der Waals surface area contributed by atoms with Gasteiger partial charge in [0, 0.05) is 23.6 Å². The van der Waals surface area contributed by atoms with Crippen LogP contribution in [-0.4, -0.2) is 20.7 Å². The number of rotatable bonds is 3. The van der Waals surface area contributed by atoms with Gasteiger partial charge in [0.25, 0.3) is 0 Å². The molecule has 0 atom stereocenters. The molecule has 1 aromatic heterocycles. The van der Waals surface area contributed by atoms with E-state index in [2.05, 4.69) is 0 Å². The van der Waals surface area contributed by atoms with Crippen LogP contribution in [0.2, 0.25) is 0 Å². The first kappa shape index (κ1) is 10.7. The molecule has 0 saturated heterocycles. The maximum Gasteiger partial charge on any atom is 0.197 e. The summed E-state index contributed by atoms with van der Waals surface area (Å²) in [5.74, 6) is 1.03. The Morgan fingerprint density at radius 3 is 2.07 bits per heavy atom. The number of halogens is 1. The highest BCUT2D eigenvalue weighted by Gasteiger charge is 2.23.